The molecule has 0 spiro atoms. The SMILES string of the molecule is CCCNC(c1cnnn1C)C1CCCCC1. The molecule has 4 heteroatoms. The lowest BCUT2D eigenvalue weighted by molar-refractivity contribution is 0.263. The minimum Gasteiger partial charge on any atom is -0.308 e. The molecule has 17 heavy (non-hydrogen) atoms. The van der Waals surface area contributed by atoms with Gasteiger partial charge in [0.05, 0.1) is 17.9 Å². The van der Waals surface area contributed by atoms with Gasteiger partial charge in [-0.25, -0.2) is 0 Å². The first-order chi connectivity index (χ1) is 8.33. The molecule has 0 bridgehead atoms. The van der Waals surface area contributed by atoms with Gasteiger partial charge in [-0.3, -0.25) is 4.68 Å². The van der Waals surface area contributed by atoms with E-state index in [2.05, 4.69) is 22.6 Å². The van der Waals surface area contributed by atoms with Crippen LogP contribution in [0.5, 0.6) is 0 Å². The van der Waals surface area contributed by atoms with Gasteiger partial charge in [0.25, 0.3) is 0 Å². The summed E-state index contributed by atoms with van der Waals surface area (Å²) in [4.78, 5) is 0. The number of hydrogen-bond acceptors (Lipinski definition) is 3. The summed E-state index contributed by atoms with van der Waals surface area (Å²) in [6.45, 7) is 3.29. The second kappa shape index (κ2) is 6.15. The van der Waals surface area contributed by atoms with Crippen molar-refractivity contribution < 1.29 is 0 Å². The summed E-state index contributed by atoms with van der Waals surface area (Å²) in [5.41, 5.74) is 1.24. The summed E-state index contributed by atoms with van der Waals surface area (Å²) in [5.74, 6) is 0.757. The molecule has 1 atom stereocenters. The van der Waals surface area contributed by atoms with Crippen LogP contribution < -0.4 is 5.32 Å². The minimum atomic E-state index is 0.440. The first-order valence-electron chi connectivity index (χ1n) is 6.91. The van der Waals surface area contributed by atoms with Gasteiger partial charge >= 0.3 is 0 Å². The fraction of sp³-hybridized carbons (Fsp3) is 0.846. The van der Waals surface area contributed by atoms with E-state index in [1.165, 1.54) is 44.2 Å². The maximum atomic E-state index is 4.07. The molecule has 0 aromatic carbocycles. The van der Waals surface area contributed by atoms with Crippen LogP contribution in [0.2, 0.25) is 0 Å². The second-order valence-electron chi connectivity index (χ2n) is 5.11. The van der Waals surface area contributed by atoms with Crippen LogP contribution in [0.1, 0.15) is 57.2 Å². The molecule has 96 valence electrons. The van der Waals surface area contributed by atoms with Gasteiger partial charge in [0, 0.05) is 7.05 Å². The lowest BCUT2D eigenvalue weighted by Crippen LogP contribution is -2.31. The van der Waals surface area contributed by atoms with Crippen LogP contribution in [0.3, 0.4) is 0 Å². The van der Waals surface area contributed by atoms with E-state index in [1.54, 1.807) is 0 Å². The van der Waals surface area contributed by atoms with Crippen LogP contribution in [0.4, 0.5) is 0 Å². The second-order valence-corrected chi connectivity index (χ2v) is 5.11. The molecule has 1 aromatic rings. The van der Waals surface area contributed by atoms with E-state index in [-0.39, 0.29) is 0 Å². The van der Waals surface area contributed by atoms with Crippen LogP contribution in [-0.2, 0) is 7.05 Å². The molecule has 1 aliphatic rings. The van der Waals surface area contributed by atoms with Crippen molar-refractivity contribution in [3.63, 3.8) is 0 Å². The highest BCUT2D eigenvalue weighted by atomic mass is 15.4. The summed E-state index contributed by atoms with van der Waals surface area (Å²) >= 11 is 0. The van der Waals surface area contributed by atoms with Crippen molar-refractivity contribution in [2.45, 2.75) is 51.5 Å². The lowest BCUT2D eigenvalue weighted by Gasteiger charge is -2.30. The van der Waals surface area contributed by atoms with Crippen molar-refractivity contribution in [3.8, 4) is 0 Å². The molecular formula is C13H24N4. The molecule has 4 nitrogen and oxygen atoms in total. The number of hydrogen-bond donors (Lipinski definition) is 1. The van der Waals surface area contributed by atoms with E-state index in [9.17, 15) is 0 Å². The Labute approximate surface area is 104 Å². The normalized spacial score (nSPS) is 19.4. The van der Waals surface area contributed by atoms with Gasteiger partial charge in [-0.1, -0.05) is 31.4 Å². The maximum Gasteiger partial charge on any atom is 0.0756 e. The zero-order valence-electron chi connectivity index (χ0n) is 11.0. The first kappa shape index (κ1) is 12.6. The standard InChI is InChI=1S/C13H24N4/c1-3-9-14-13(11-7-5-4-6-8-11)12-10-15-16-17(12)2/h10-11,13-14H,3-9H2,1-2H3. The largest absolute Gasteiger partial charge is 0.308 e. The molecule has 1 unspecified atom stereocenters. The molecule has 0 amide bonds. The Morgan fingerprint density at radius 2 is 2.18 bits per heavy atom. The van der Waals surface area contributed by atoms with Gasteiger partial charge < -0.3 is 5.32 Å². The molecule has 1 fully saturated rings. The van der Waals surface area contributed by atoms with Crippen molar-refractivity contribution in [3.05, 3.63) is 11.9 Å². The zero-order valence-corrected chi connectivity index (χ0v) is 11.0. The highest BCUT2D eigenvalue weighted by molar-refractivity contribution is 5.04. The monoisotopic (exact) mass is 236 g/mol. The molecule has 0 aliphatic heterocycles. The van der Waals surface area contributed by atoms with E-state index in [0.29, 0.717) is 6.04 Å². The van der Waals surface area contributed by atoms with Gasteiger partial charge in [0.15, 0.2) is 0 Å². The van der Waals surface area contributed by atoms with E-state index in [4.69, 9.17) is 0 Å². The van der Waals surface area contributed by atoms with Crippen molar-refractivity contribution in [2.24, 2.45) is 13.0 Å². The fourth-order valence-corrected chi connectivity index (χ4v) is 2.86. The van der Waals surface area contributed by atoms with Gasteiger partial charge in [0.1, 0.15) is 0 Å². The van der Waals surface area contributed by atoms with Crippen LogP contribution >= 0.6 is 0 Å². The molecule has 1 N–H and O–H groups in total. The molecule has 1 aliphatic carbocycles. The van der Waals surface area contributed by atoms with Crippen LogP contribution in [0.15, 0.2) is 6.20 Å². The zero-order chi connectivity index (χ0) is 12.1. The Balaban J connectivity index is 2.09. The topological polar surface area (TPSA) is 42.7 Å². The molecule has 1 heterocycles. The average Bonchev–Trinajstić information content (AvgIpc) is 2.78. The van der Waals surface area contributed by atoms with E-state index in [1.807, 2.05) is 17.9 Å². The smallest absolute Gasteiger partial charge is 0.0756 e. The van der Waals surface area contributed by atoms with Gasteiger partial charge in [-0.05, 0) is 31.7 Å². The van der Waals surface area contributed by atoms with E-state index < -0.39 is 0 Å². The Morgan fingerprint density at radius 3 is 2.76 bits per heavy atom. The predicted molar refractivity (Wildman–Crippen MR) is 68.6 cm³/mol. The third-order valence-electron chi connectivity index (χ3n) is 3.80. The lowest BCUT2D eigenvalue weighted by atomic mass is 9.82. The van der Waals surface area contributed by atoms with Crippen LogP contribution in [0, 0.1) is 5.92 Å². The predicted octanol–water partition coefficient (Wildman–Crippen LogP) is 2.44. The average molecular weight is 236 g/mol. The number of nitrogens with one attached hydrogen (secondary N) is 1. The quantitative estimate of drug-likeness (QED) is 0.854. The van der Waals surface area contributed by atoms with E-state index in [0.717, 1.165) is 12.5 Å². The maximum absolute atomic E-state index is 4.07. The summed E-state index contributed by atoms with van der Waals surface area (Å²) in [6, 6.07) is 0.440. The number of aryl methyl sites for hydroxylation is 1. The van der Waals surface area contributed by atoms with Gasteiger partial charge in [-0.15, -0.1) is 5.10 Å². The summed E-state index contributed by atoms with van der Waals surface area (Å²) in [5, 5.41) is 11.8. The van der Waals surface area contributed by atoms with Crippen molar-refractivity contribution in [1.29, 1.82) is 0 Å². The van der Waals surface area contributed by atoms with E-state index >= 15 is 0 Å². The van der Waals surface area contributed by atoms with Gasteiger partial charge in [-0.2, -0.15) is 0 Å². The Kier molecular flexibility index (Phi) is 4.54. The molecule has 0 radical (unpaired) electrons. The fourth-order valence-electron chi connectivity index (χ4n) is 2.86. The molecule has 1 saturated carbocycles. The highest BCUT2D eigenvalue weighted by Crippen LogP contribution is 2.33. The summed E-state index contributed by atoms with van der Waals surface area (Å²) < 4.78 is 1.92. The molecule has 1 aromatic heterocycles. The summed E-state index contributed by atoms with van der Waals surface area (Å²) in [7, 11) is 1.99. The highest BCUT2D eigenvalue weighted by Gasteiger charge is 2.26. The molecule has 2 rings (SSSR count). The van der Waals surface area contributed by atoms with Crippen LogP contribution in [0.25, 0.3) is 0 Å². The third kappa shape index (κ3) is 3.06. The molecule has 0 saturated heterocycles. The number of nitrogens with zero attached hydrogens (tertiary/aromatic N) is 3. The van der Waals surface area contributed by atoms with Crippen molar-refractivity contribution >= 4 is 0 Å². The Bertz CT molecular complexity index is 328. The minimum absolute atomic E-state index is 0.440. The Morgan fingerprint density at radius 1 is 1.41 bits per heavy atom. The van der Waals surface area contributed by atoms with Crippen molar-refractivity contribution in [2.75, 3.05) is 6.54 Å². The van der Waals surface area contributed by atoms with Crippen molar-refractivity contribution in [1.82, 2.24) is 20.3 Å². The summed E-state index contributed by atoms with van der Waals surface area (Å²) in [6.07, 6.45) is 9.93. The first-order valence-corrected chi connectivity index (χ1v) is 6.91. The molecular weight excluding hydrogens is 212 g/mol. The number of rotatable bonds is 5. The van der Waals surface area contributed by atoms with Gasteiger partial charge in [0.2, 0.25) is 0 Å². The Hall–Kier alpha value is -0.900. The number of aromatic nitrogens is 3. The third-order valence-corrected chi connectivity index (χ3v) is 3.80. The van der Waals surface area contributed by atoms with Crippen LogP contribution in [-0.4, -0.2) is 21.5 Å².